The monoisotopic (exact) mass is 392 g/mol. The SMILES string of the molecule is O=C(Oc1ccccc1)c1ccccn1.[Ir]. The smallest absolute Gasteiger partial charge is 0.362 e. The molecule has 4 heteroatoms. The van der Waals surface area contributed by atoms with E-state index in [0.29, 0.717) is 11.4 Å². The normalized spacial score (nSPS) is 9.00. The van der Waals surface area contributed by atoms with E-state index in [1.807, 2.05) is 6.07 Å². The first-order chi connectivity index (χ1) is 7.36. The largest absolute Gasteiger partial charge is 0.422 e. The van der Waals surface area contributed by atoms with Crippen LogP contribution in [-0.4, -0.2) is 11.0 Å². The van der Waals surface area contributed by atoms with Gasteiger partial charge in [0.25, 0.3) is 0 Å². The third kappa shape index (κ3) is 3.26. The molecular formula is C12H9IrNO2. The van der Waals surface area contributed by atoms with Gasteiger partial charge < -0.3 is 4.74 Å². The Hall–Kier alpha value is -1.51. The second-order valence-electron chi connectivity index (χ2n) is 2.92. The van der Waals surface area contributed by atoms with Crippen molar-refractivity contribution in [1.29, 1.82) is 0 Å². The number of rotatable bonds is 2. The molecule has 83 valence electrons. The number of aromatic nitrogens is 1. The molecule has 0 spiro atoms. The van der Waals surface area contributed by atoms with Crippen LogP contribution in [0.1, 0.15) is 10.5 Å². The topological polar surface area (TPSA) is 39.2 Å². The van der Waals surface area contributed by atoms with Crippen molar-refractivity contribution < 1.29 is 29.6 Å². The molecule has 0 atom stereocenters. The van der Waals surface area contributed by atoms with E-state index >= 15 is 0 Å². The summed E-state index contributed by atoms with van der Waals surface area (Å²) >= 11 is 0. The average Bonchev–Trinajstić information content (AvgIpc) is 2.31. The second-order valence-corrected chi connectivity index (χ2v) is 2.92. The number of benzene rings is 1. The van der Waals surface area contributed by atoms with E-state index in [1.54, 1.807) is 48.7 Å². The van der Waals surface area contributed by atoms with Crippen molar-refractivity contribution >= 4 is 5.97 Å². The van der Waals surface area contributed by atoms with E-state index in [-0.39, 0.29) is 20.1 Å². The van der Waals surface area contributed by atoms with Crippen LogP contribution in [0, 0.1) is 0 Å². The number of para-hydroxylation sites is 1. The molecule has 1 aromatic carbocycles. The molecular weight excluding hydrogens is 382 g/mol. The van der Waals surface area contributed by atoms with Crippen molar-refractivity contribution in [1.82, 2.24) is 4.98 Å². The molecule has 0 saturated carbocycles. The second kappa shape index (κ2) is 6.15. The van der Waals surface area contributed by atoms with Crippen LogP contribution in [0.25, 0.3) is 0 Å². The van der Waals surface area contributed by atoms with Crippen molar-refractivity contribution in [3.8, 4) is 5.75 Å². The molecule has 3 nitrogen and oxygen atoms in total. The molecule has 0 aliphatic carbocycles. The van der Waals surface area contributed by atoms with Crippen molar-refractivity contribution in [2.24, 2.45) is 0 Å². The summed E-state index contributed by atoms with van der Waals surface area (Å²) < 4.78 is 5.10. The molecule has 0 bridgehead atoms. The van der Waals surface area contributed by atoms with Gasteiger partial charge in [-0.15, -0.1) is 0 Å². The number of pyridine rings is 1. The third-order valence-corrected chi connectivity index (χ3v) is 1.83. The number of esters is 1. The standard InChI is InChI=1S/C12H9NO2.Ir/c14-12(11-8-4-5-9-13-11)15-10-6-2-1-3-7-10;/h1-9H;. The molecule has 0 N–H and O–H groups in total. The van der Waals surface area contributed by atoms with Gasteiger partial charge in [0.1, 0.15) is 11.4 Å². The Kier molecular flexibility index (Phi) is 4.83. The van der Waals surface area contributed by atoms with E-state index in [2.05, 4.69) is 4.98 Å². The molecule has 0 unspecified atom stereocenters. The third-order valence-electron chi connectivity index (χ3n) is 1.83. The van der Waals surface area contributed by atoms with Crippen LogP contribution >= 0.6 is 0 Å². The maximum atomic E-state index is 11.5. The molecule has 2 aromatic rings. The van der Waals surface area contributed by atoms with Crippen LogP contribution in [0.4, 0.5) is 0 Å². The van der Waals surface area contributed by atoms with Gasteiger partial charge in [0.2, 0.25) is 0 Å². The average molecular weight is 391 g/mol. The van der Waals surface area contributed by atoms with Gasteiger partial charge in [-0.25, -0.2) is 9.78 Å². The van der Waals surface area contributed by atoms with Gasteiger partial charge >= 0.3 is 5.97 Å². The van der Waals surface area contributed by atoms with Crippen LogP contribution in [-0.2, 0) is 20.1 Å². The fraction of sp³-hybridized carbons (Fsp3) is 0. The summed E-state index contributed by atoms with van der Waals surface area (Å²) in [7, 11) is 0. The minimum absolute atomic E-state index is 0. The minimum Gasteiger partial charge on any atom is -0.422 e. The number of carbonyl (C=O) groups is 1. The Labute approximate surface area is 107 Å². The summed E-state index contributed by atoms with van der Waals surface area (Å²) in [5.41, 5.74) is 0.307. The molecule has 0 aliphatic rings. The molecule has 16 heavy (non-hydrogen) atoms. The van der Waals surface area contributed by atoms with Crippen LogP contribution in [0.5, 0.6) is 5.75 Å². The maximum Gasteiger partial charge on any atom is 0.362 e. The quantitative estimate of drug-likeness (QED) is 0.583. The zero-order chi connectivity index (χ0) is 10.5. The van der Waals surface area contributed by atoms with Gasteiger partial charge in [-0.05, 0) is 24.3 Å². The molecule has 0 aliphatic heterocycles. The van der Waals surface area contributed by atoms with E-state index < -0.39 is 5.97 Å². The minimum atomic E-state index is -0.443. The summed E-state index contributed by atoms with van der Waals surface area (Å²) in [6.07, 6.45) is 1.56. The van der Waals surface area contributed by atoms with E-state index in [1.165, 1.54) is 0 Å². The van der Waals surface area contributed by atoms with Crippen molar-refractivity contribution in [3.05, 3.63) is 60.4 Å². The van der Waals surface area contributed by atoms with Crippen LogP contribution < -0.4 is 4.74 Å². The molecule has 0 amide bonds. The molecule has 1 radical (unpaired) electrons. The zero-order valence-corrected chi connectivity index (χ0v) is 10.7. The van der Waals surface area contributed by atoms with Crippen LogP contribution in [0.2, 0.25) is 0 Å². The fourth-order valence-electron chi connectivity index (χ4n) is 1.13. The fourth-order valence-corrected chi connectivity index (χ4v) is 1.13. The summed E-state index contributed by atoms with van der Waals surface area (Å²) in [5.74, 6) is 0.0787. The van der Waals surface area contributed by atoms with Crippen molar-refractivity contribution in [2.45, 2.75) is 0 Å². The summed E-state index contributed by atoms with van der Waals surface area (Å²) in [5, 5.41) is 0. The molecule has 1 heterocycles. The number of nitrogens with zero attached hydrogens (tertiary/aromatic N) is 1. The number of ether oxygens (including phenoxy) is 1. The number of carbonyl (C=O) groups excluding carboxylic acids is 1. The van der Waals surface area contributed by atoms with Gasteiger partial charge in [-0.2, -0.15) is 0 Å². The zero-order valence-electron chi connectivity index (χ0n) is 8.29. The summed E-state index contributed by atoms with van der Waals surface area (Å²) in [6, 6.07) is 14.0. The van der Waals surface area contributed by atoms with E-state index in [9.17, 15) is 4.79 Å². The predicted molar refractivity (Wildman–Crippen MR) is 55.6 cm³/mol. The first-order valence-corrected chi connectivity index (χ1v) is 4.54. The van der Waals surface area contributed by atoms with E-state index in [0.717, 1.165) is 0 Å². The van der Waals surface area contributed by atoms with Gasteiger partial charge in [0, 0.05) is 26.3 Å². The van der Waals surface area contributed by atoms with Crippen LogP contribution in [0.15, 0.2) is 54.7 Å². The molecule has 0 fully saturated rings. The van der Waals surface area contributed by atoms with Gasteiger partial charge in [0.15, 0.2) is 0 Å². The Balaban J connectivity index is 0.00000128. The molecule has 0 saturated heterocycles. The van der Waals surface area contributed by atoms with Crippen molar-refractivity contribution in [2.75, 3.05) is 0 Å². The summed E-state index contributed by atoms with van der Waals surface area (Å²) in [6.45, 7) is 0. The van der Waals surface area contributed by atoms with Gasteiger partial charge in [-0.1, -0.05) is 24.3 Å². The Bertz CT molecular complexity index is 445. The first-order valence-electron chi connectivity index (χ1n) is 4.54. The van der Waals surface area contributed by atoms with Crippen molar-refractivity contribution in [3.63, 3.8) is 0 Å². The molecule has 1 aromatic heterocycles. The first kappa shape index (κ1) is 12.6. The Morgan fingerprint density at radius 1 is 1.00 bits per heavy atom. The van der Waals surface area contributed by atoms with Crippen LogP contribution in [0.3, 0.4) is 0 Å². The Morgan fingerprint density at radius 3 is 2.31 bits per heavy atom. The maximum absolute atomic E-state index is 11.5. The Morgan fingerprint density at radius 2 is 1.69 bits per heavy atom. The molecule has 2 rings (SSSR count). The number of hydrogen-bond acceptors (Lipinski definition) is 3. The van der Waals surface area contributed by atoms with Gasteiger partial charge in [0.05, 0.1) is 0 Å². The number of hydrogen-bond donors (Lipinski definition) is 0. The predicted octanol–water partition coefficient (Wildman–Crippen LogP) is 2.30. The van der Waals surface area contributed by atoms with Gasteiger partial charge in [-0.3, -0.25) is 0 Å². The van der Waals surface area contributed by atoms with E-state index in [4.69, 9.17) is 4.74 Å². The summed E-state index contributed by atoms with van der Waals surface area (Å²) in [4.78, 5) is 15.4.